The minimum atomic E-state index is -0.526. The summed E-state index contributed by atoms with van der Waals surface area (Å²) in [5.41, 5.74) is -0.526. The minimum Gasteiger partial charge on any atom is -0.459 e. The molecule has 0 N–H and O–H groups in total. The molecule has 0 aromatic heterocycles. The van der Waals surface area contributed by atoms with Crippen LogP contribution < -0.4 is 0 Å². The number of carbonyl (C=O) groups excluding carboxylic acids is 3. The Labute approximate surface area is 90.0 Å². The summed E-state index contributed by atoms with van der Waals surface area (Å²) in [7, 11) is 0. The minimum absolute atomic E-state index is 0.116. The lowest BCUT2D eigenvalue weighted by atomic mass is 10.1. The molecule has 0 unspecified atom stereocenters. The van der Waals surface area contributed by atoms with Crippen LogP contribution in [0.5, 0.6) is 0 Å². The Morgan fingerprint density at radius 2 is 1.93 bits per heavy atom. The number of Topliss-reactive ketones (excluding diaryl/α,β-unsaturated/α-hetero) is 1. The average molecular weight is 214 g/mol. The van der Waals surface area contributed by atoms with Gasteiger partial charge in [0.25, 0.3) is 0 Å². The molecule has 0 bridgehead atoms. The van der Waals surface area contributed by atoms with Crippen molar-refractivity contribution in [3.63, 3.8) is 0 Å². The molecule has 4 nitrogen and oxygen atoms in total. The standard InChI is InChI=1S/C11H18O4/c1-4-11(2,3)15-10(14)8-9(13)6-5-7-12/h7H,4-6,8H2,1-3H3. The van der Waals surface area contributed by atoms with Crippen molar-refractivity contribution in [3.8, 4) is 0 Å². The van der Waals surface area contributed by atoms with E-state index in [1.165, 1.54) is 0 Å². The molecule has 0 aliphatic heterocycles. The van der Waals surface area contributed by atoms with Gasteiger partial charge in [0.1, 0.15) is 24.1 Å². The van der Waals surface area contributed by atoms with Gasteiger partial charge < -0.3 is 9.53 Å². The molecule has 0 saturated heterocycles. The van der Waals surface area contributed by atoms with Crippen LogP contribution in [0.2, 0.25) is 0 Å². The van der Waals surface area contributed by atoms with Crippen molar-refractivity contribution in [1.29, 1.82) is 0 Å². The van der Waals surface area contributed by atoms with E-state index in [2.05, 4.69) is 0 Å². The van der Waals surface area contributed by atoms with Crippen molar-refractivity contribution >= 4 is 18.0 Å². The molecule has 0 radical (unpaired) electrons. The van der Waals surface area contributed by atoms with E-state index >= 15 is 0 Å². The highest BCUT2D eigenvalue weighted by molar-refractivity contribution is 5.96. The smallest absolute Gasteiger partial charge is 0.313 e. The summed E-state index contributed by atoms with van der Waals surface area (Å²) in [6.07, 6.45) is 1.41. The first-order chi connectivity index (χ1) is 6.91. The van der Waals surface area contributed by atoms with Crippen LogP contribution in [0.1, 0.15) is 46.5 Å². The first kappa shape index (κ1) is 13.8. The van der Waals surface area contributed by atoms with Gasteiger partial charge in [0.2, 0.25) is 0 Å². The molecular formula is C11H18O4. The van der Waals surface area contributed by atoms with Gasteiger partial charge in [0, 0.05) is 12.8 Å². The Kier molecular flexibility index (Phi) is 5.82. The molecule has 15 heavy (non-hydrogen) atoms. The first-order valence-electron chi connectivity index (χ1n) is 5.08. The van der Waals surface area contributed by atoms with Gasteiger partial charge in [-0.05, 0) is 20.3 Å². The Bertz CT molecular complexity index is 243. The van der Waals surface area contributed by atoms with Crippen molar-refractivity contribution in [2.75, 3.05) is 0 Å². The number of hydrogen-bond donors (Lipinski definition) is 0. The molecule has 4 heteroatoms. The number of hydrogen-bond acceptors (Lipinski definition) is 4. The van der Waals surface area contributed by atoms with Crippen molar-refractivity contribution in [2.45, 2.75) is 52.1 Å². The number of rotatable bonds is 7. The predicted molar refractivity (Wildman–Crippen MR) is 55.4 cm³/mol. The van der Waals surface area contributed by atoms with Crippen LogP contribution in [0.4, 0.5) is 0 Å². The third kappa shape index (κ3) is 6.82. The van der Waals surface area contributed by atoms with E-state index in [1.54, 1.807) is 13.8 Å². The summed E-state index contributed by atoms with van der Waals surface area (Å²) in [5, 5.41) is 0. The Balaban J connectivity index is 3.93. The molecule has 86 valence electrons. The van der Waals surface area contributed by atoms with Crippen LogP contribution >= 0.6 is 0 Å². The van der Waals surface area contributed by atoms with Crippen LogP contribution in [-0.4, -0.2) is 23.6 Å². The van der Waals surface area contributed by atoms with Crippen LogP contribution in [0.15, 0.2) is 0 Å². The van der Waals surface area contributed by atoms with Gasteiger partial charge in [-0.15, -0.1) is 0 Å². The predicted octanol–water partition coefficient (Wildman–Crippen LogP) is 1.66. The number of aldehydes is 1. The molecule has 0 aromatic carbocycles. The van der Waals surface area contributed by atoms with Gasteiger partial charge >= 0.3 is 5.97 Å². The van der Waals surface area contributed by atoms with Crippen molar-refractivity contribution in [3.05, 3.63) is 0 Å². The van der Waals surface area contributed by atoms with Gasteiger partial charge in [-0.1, -0.05) is 6.92 Å². The highest BCUT2D eigenvalue weighted by atomic mass is 16.6. The number of esters is 1. The molecule has 0 aliphatic carbocycles. The maximum atomic E-state index is 11.3. The SMILES string of the molecule is CCC(C)(C)OC(=O)CC(=O)CCC=O. The zero-order valence-corrected chi connectivity index (χ0v) is 9.54. The van der Waals surface area contributed by atoms with E-state index in [9.17, 15) is 14.4 Å². The fourth-order valence-electron chi connectivity index (χ4n) is 0.886. The lowest BCUT2D eigenvalue weighted by molar-refractivity contribution is -0.158. The molecule has 0 fully saturated rings. The van der Waals surface area contributed by atoms with Crippen LogP contribution in [0, 0.1) is 0 Å². The quantitative estimate of drug-likeness (QED) is 0.367. The van der Waals surface area contributed by atoms with Gasteiger partial charge in [-0.3, -0.25) is 9.59 Å². The second-order valence-electron chi connectivity index (χ2n) is 4.01. The molecule has 0 aliphatic rings. The second-order valence-corrected chi connectivity index (χ2v) is 4.01. The van der Waals surface area contributed by atoms with E-state index in [4.69, 9.17) is 4.74 Å². The van der Waals surface area contributed by atoms with Gasteiger partial charge in [0.05, 0.1) is 0 Å². The van der Waals surface area contributed by atoms with Gasteiger partial charge in [0.15, 0.2) is 0 Å². The summed E-state index contributed by atoms with van der Waals surface area (Å²) in [5.74, 6) is -0.767. The zero-order chi connectivity index (χ0) is 11.9. The lowest BCUT2D eigenvalue weighted by Crippen LogP contribution is -2.28. The van der Waals surface area contributed by atoms with Crippen LogP contribution in [0.25, 0.3) is 0 Å². The highest BCUT2D eigenvalue weighted by Crippen LogP contribution is 2.14. The third-order valence-corrected chi connectivity index (χ3v) is 2.12. The Morgan fingerprint density at radius 3 is 2.40 bits per heavy atom. The zero-order valence-electron chi connectivity index (χ0n) is 9.54. The van der Waals surface area contributed by atoms with E-state index in [0.29, 0.717) is 12.7 Å². The van der Waals surface area contributed by atoms with Crippen LogP contribution in [0.3, 0.4) is 0 Å². The molecular weight excluding hydrogens is 196 g/mol. The van der Waals surface area contributed by atoms with Gasteiger partial charge in [-0.2, -0.15) is 0 Å². The number of ether oxygens (including phenoxy) is 1. The average Bonchev–Trinajstić information content (AvgIpc) is 2.13. The number of carbonyl (C=O) groups is 3. The largest absolute Gasteiger partial charge is 0.459 e. The maximum absolute atomic E-state index is 11.3. The maximum Gasteiger partial charge on any atom is 0.313 e. The fraction of sp³-hybridized carbons (Fsp3) is 0.727. The van der Waals surface area contributed by atoms with E-state index in [-0.39, 0.29) is 25.0 Å². The molecule has 0 rings (SSSR count). The summed E-state index contributed by atoms with van der Waals surface area (Å²) in [6, 6.07) is 0. The van der Waals surface area contributed by atoms with Crippen molar-refractivity contribution in [2.24, 2.45) is 0 Å². The summed E-state index contributed by atoms with van der Waals surface area (Å²) >= 11 is 0. The van der Waals surface area contributed by atoms with Gasteiger partial charge in [-0.25, -0.2) is 0 Å². The monoisotopic (exact) mass is 214 g/mol. The normalized spacial score (nSPS) is 10.9. The Hall–Kier alpha value is -1.19. The lowest BCUT2D eigenvalue weighted by Gasteiger charge is -2.22. The van der Waals surface area contributed by atoms with Crippen molar-refractivity contribution in [1.82, 2.24) is 0 Å². The highest BCUT2D eigenvalue weighted by Gasteiger charge is 2.21. The third-order valence-electron chi connectivity index (χ3n) is 2.12. The molecule has 0 aromatic rings. The summed E-state index contributed by atoms with van der Waals surface area (Å²) in [4.78, 5) is 32.4. The van der Waals surface area contributed by atoms with E-state index in [1.807, 2.05) is 6.92 Å². The Morgan fingerprint density at radius 1 is 1.33 bits per heavy atom. The number of ketones is 1. The van der Waals surface area contributed by atoms with Crippen molar-refractivity contribution < 1.29 is 19.1 Å². The van der Waals surface area contributed by atoms with E-state index in [0.717, 1.165) is 0 Å². The topological polar surface area (TPSA) is 60.4 Å². The second kappa shape index (κ2) is 6.32. The molecule has 0 saturated carbocycles. The molecule has 0 spiro atoms. The van der Waals surface area contributed by atoms with E-state index < -0.39 is 11.6 Å². The molecule has 0 amide bonds. The summed E-state index contributed by atoms with van der Waals surface area (Å²) < 4.78 is 5.09. The van der Waals surface area contributed by atoms with Crippen LogP contribution in [-0.2, 0) is 19.1 Å². The fourth-order valence-corrected chi connectivity index (χ4v) is 0.886. The first-order valence-corrected chi connectivity index (χ1v) is 5.08. The molecule has 0 atom stereocenters. The molecule has 0 heterocycles. The summed E-state index contributed by atoms with van der Waals surface area (Å²) in [6.45, 7) is 5.49.